The summed E-state index contributed by atoms with van der Waals surface area (Å²) < 4.78 is 10.6. The molecule has 0 spiro atoms. The number of aliphatic hydroxyl groups excluding tert-OH is 1. The lowest BCUT2D eigenvalue weighted by molar-refractivity contribution is 0.185. The number of rotatable bonds is 7. The topological polar surface area (TPSA) is 66.3 Å². The van der Waals surface area contributed by atoms with Gasteiger partial charge >= 0.3 is 0 Å². The van der Waals surface area contributed by atoms with Crippen LogP contribution in [0.5, 0.6) is 11.5 Å². The molecule has 0 aliphatic carbocycles. The Labute approximate surface area is 184 Å². The molecule has 1 aromatic rings. The van der Waals surface area contributed by atoms with Crippen LogP contribution in [0.15, 0.2) is 23.2 Å². The molecule has 0 saturated carbocycles. The standard InChI is InChI=1S/C19H31N3O3S.HI/c1-5-17-13-22(7-8-26-17)19(20-6-2)21-12-18(23)14-9-15(24-3)11-16(10-14)25-4;/h9-11,17-18,23H,5-8,12-13H2,1-4H3,(H,20,21);1H. The minimum atomic E-state index is -0.714. The van der Waals surface area contributed by atoms with Crippen molar-refractivity contribution in [1.82, 2.24) is 10.2 Å². The van der Waals surface area contributed by atoms with Crippen LogP contribution in [0.2, 0.25) is 0 Å². The first kappa shape index (κ1) is 24.2. The third kappa shape index (κ3) is 7.23. The monoisotopic (exact) mass is 509 g/mol. The van der Waals surface area contributed by atoms with Crippen LogP contribution in [0.3, 0.4) is 0 Å². The summed E-state index contributed by atoms with van der Waals surface area (Å²) in [7, 11) is 3.20. The van der Waals surface area contributed by atoms with E-state index in [1.165, 1.54) is 0 Å². The SMILES string of the molecule is CCNC(=NCC(O)c1cc(OC)cc(OC)c1)N1CCSC(CC)C1.I. The van der Waals surface area contributed by atoms with Gasteiger partial charge in [-0.3, -0.25) is 4.99 Å². The van der Waals surface area contributed by atoms with Gasteiger partial charge in [0, 0.05) is 36.7 Å². The first-order chi connectivity index (χ1) is 12.6. The van der Waals surface area contributed by atoms with E-state index in [1.54, 1.807) is 20.3 Å². The maximum absolute atomic E-state index is 10.6. The van der Waals surface area contributed by atoms with Crippen molar-refractivity contribution in [3.8, 4) is 11.5 Å². The summed E-state index contributed by atoms with van der Waals surface area (Å²) in [6.07, 6.45) is 0.445. The molecule has 1 aromatic carbocycles. The summed E-state index contributed by atoms with van der Waals surface area (Å²) in [5.41, 5.74) is 0.737. The highest BCUT2D eigenvalue weighted by molar-refractivity contribution is 14.0. The molecule has 27 heavy (non-hydrogen) atoms. The Bertz CT molecular complexity index is 581. The molecule has 1 heterocycles. The van der Waals surface area contributed by atoms with Crippen LogP contribution in [-0.2, 0) is 0 Å². The van der Waals surface area contributed by atoms with Gasteiger partial charge in [0.2, 0.25) is 0 Å². The highest BCUT2D eigenvalue weighted by Gasteiger charge is 2.22. The Kier molecular flexibility index (Phi) is 11.2. The molecule has 8 heteroatoms. The molecular formula is C19H32IN3O3S. The van der Waals surface area contributed by atoms with E-state index in [0.717, 1.165) is 43.3 Å². The predicted octanol–water partition coefficient (Wildman–Crippen LogP) is 3.15. The van der Waals surface area contributed by atoms with Crippen molar-refractivity contribution in [2.45, 2.75) is 31.6 Å². The molecule has 0 bridgehead atoms. The third-order valence-corrected chi connectivity index (χ3v) is 5.77. The zero-order valence-electron chi connectivity index (χ0n) is 16.6. The van der Waals surface area contributed by atoms with Gasteiger partial charge in [-0.15, -0.1) is 24.0 Å². The predicted molar refractivity (Wildman–Crippen MR) is 124 cm³/mol. The molecule has 2 unspecified atom stereocenters. The maximum Gasteiger partial charge on any atom is 0.194 e. The number of aliphatic hydroxyl groups is 1. The summed E-state index contributed by atoms with van der Waals surface area (Å²) >= 11 is 2.03. The van der Waals surface area contributed by atoms with Crippen LogP contribution in [0, 0.1) is 0 Å². The van der Waals surface area contributed by atoms with Gasteiger partial charge in [-0.1, -0.05) is 6.92 Å². The molecule has 1 saturated heterocycles. The molecule has 0 aromatic heterocycles. The summed E-state index contributed by atoms with van der Waals surface area (Å²) in [6, 6.07) is 5.43. The number of methoxy groups -OCH3 is 2. The van der Waals surface area contributed by atoms with E-state index < -0.39 is 6.10 Å². The van der Waals surface area contributed by atoms with Gasteiger partial charge in [0.15, 0.2) is 5.96 Å². The van der Waals surface area contributed by atoms with Gasteiger partial charge in [-0.05, 0) is 31.0 Å². The molecule has 154 valence electrons. The molecule has 1 aliphatic rings. The van der Waals surface area contributed by atoms with Gasteiger partial charge in [-0.25, -0.2) is 0 Å². The largest absolute Gasteiger partial charge is 0.497 e. The molecule has 0 amide bonds. The van der Waals surface area contributed by atoms with E-state index in [0.29, 0.717) is 23.3 Å². The van der Waals surface area contributed by atoms with E-state index in [2.05, 4.69) is 29.1 Å². The Morgan fingerprint density at radius 1 is 1.30 bits per heavy atom. The van der Waals surface area contributed by atoms with E-state index in [1.807, 2.05) is 23.9 Å². The normalized spacial score (nSPS) is 18.5. The van der Waals surface area contributed by atoms with E-state index >= 15 is 0 Å². The Morgan fingerprint density at radius 2 is 1.96 bits per heavy atom. The number of thioether (sulfide) groups is 1. The van der Waals surface area contributed by atoms with Crippen molar-refractivity contribution in [3.05, 3.63) is 23.8 Å². The van der Waals surface area contributed by atoms with Gasteiger partial charge in [0.25, 0.3) is 0 Å². The number of halogens is 1. The molecule has 1 fully saturated rings. The highest BCUT2D eigenvalue weighted by atomic mass is 127. The Hall–Kier alpha value is -0.870. The summed E-state index contributed by atoms with van der Waals surface area (Å²) in [6.45, 7) is 7.37. The second-order valence-electron chi connectivity index (χ2n) is 6.20. The van der Waals surface area contributed by atoms with Crippen molar-refractivity contribution in [3.63, 3.8) is 0 Å². The fourth-order valence-corrected chi connectivity index (χ4v) is 4.06. The summed E-state index contributed by atoms with van der Waals surface area (Å²) in [5.74, 6) is 3.31. The molecule has 1 aliphatic heterocycles. The fraction of sp³-hybridized carbons (Fsp3) is 0.632. The molecule has 6 nitrogen and oxygen atoms in total. The number of aliphatic imine (C=N–C) groups is 1. The minimum Gasteiger partial charge on any atom is -0.497 e. The first-order valence-corrected chi connectivity index (χ1v) is 10.2. The first-order valence-electron chi connectivity index (χ1n) is 9.17. The number of guanidine groups is 1. The van der Waals surface area contributed by atoms with Crippen LogP contribution < -0.4 is 14.8 Å². The average molecular weight is 509 g/mol. The molecule has 0 radical (unpaired) electrons. The number of hydrogen-bond donors (Lipinski definition) is 2. The van der Waals surface area contributed by atoms with Crippen LogP contribution in [0.4, 0.5) is 0 Å². The number of nitrogens with one attached hydrogen (secondary N) is 1. The molecular weight excluding hydrogens is 477 g/mol. The van der Waals surface area contributed by atoms with Crippen molar-refractivity contribution in [2.24, 2.45) is 4.99 Å². The lowest BCUT2D eigenvalue weighted by Crippen LogP contribution is -2.48. The molecule has 2 atom stereocenters. The number of nitrogens with zero attached hydrogens (tertiary/aromatic N) is 2. The van der Waals surface area contributed by atoms with E-state index in [4.69, 9.17) is 9.47 Å². The molecule has 2 rings (SSSR count). The lowest BCUT2D eigenvalue weighted by Gasteiger charge is -2.34. The second kappa shape index (κ2) is 12.6. The van der Waals surface area contributed by atoms with Crippen molar-refractivity contribution < 1.29 is 14.6 Å². The van der Waals surface area contributed by atoms with Crippen molar-refractivity contribution in [2.75, 3.05) is 46.2 Å². The van der Waals surface area contributed by atoms with Gasteiger partial charge in [-0.2, -0.15) is 11.8 Å². The van der Waals surface area contributed by atoms with Gasteiger partial charge < -0.3 is 24.8 Å². The Balaban J connectivity index is 0.00000364. The fourth-order valence-electron chi connectivity index (χ4n) is 2.88. The second-order valence-corrected chi connectivity index (χ2v) is 7.61. The van der Waals surface area contributed by atoms with Crippen molar-refractivity contribution in [1.29, 1.82) is 0 Å². The van der Waals surface area contributed by atoms with Crippen LogP contribution in [0.25, 0.3) is 0 Å². The van der Waals surface area contributed by atoms with E-state index in [9.17, 15) is 5.11 Å². The van der Waals surface area contributed by atoms with E-state index in [-0.39, 0.29) is 24.0 Å². The lowest BCUT2D eigenvalue weighted by atomic mass is 10.1. The van der Waals surface area contributed by atoms with Crippen LogP contribution >= 0.6 is 35.7 Å². The smallest absolute Gasteiger partial charge is 0.194 e. The average Bonchev–Trinajstić information content (AvgIpc) is 2.70. The summed E-state index contributed by atoms with van der Waals surface area (Å²) in [5, 5.41) is 14.6. The minimum absolute atomic E-state index is 0. The maximum atomic E-state index is 10.6. The zero-order chi connectivity index (χ0) is 18.9. The van der Waals surface area contributed by atoms with Crippen LogP contribution in [-0.4, -0.2) is 67.4 Å². The number of benzene rings is 1. The number of hydrogen-bond acceptors (Lipinski definition) is 5. The highest BCUT2D eigenvalue weighted by Crippen LogP contribution is 2.27. The number of ether oxygens (including phenoxy) is 2. The zero-order valence-corrected chi connectivity index (χ0v) is 19.8. The Morgan fingerprint density at radius 3 is 2.52 bits per heavy atom. The van der Waals surface area contributed by atoms with Crippen LogP contribution in [0.1, 0.15) is 31.9 Å². The molecule has 2 N–H and O–H groups in total. The van der Waals surface area contributed by atoms with Gasteiger partial charge in [0.1, 0.15) is 11.5 Å². The van der Waals surface area contributed by atoms with Gasteiger partial charge in [0.05, 0.1) is 26.9 Å². The quantitative estimate of drug-likeness (QED) is 0.335. The summed E-state index contributed by atoms with van der Waals surface area (Å²) in [4.78, 5) is 6.98. The van der Waals surface area contributed by atoms with Crippen molar-refractivity contribution >= 4 is 41.7 Å². The third-order valence-electron chi connectivity index (χ3n) is 4.40.